The van der Waals surface area contributed by atoms with Gasteiger partial charge in [-0.05, 0) is 31.6 Å². The maximum atomic E-state index is 13.4. The van der Waals surface area contributed by atoms with Crippen molar-refractivity contribution in [2.24, 2.45) is 0 Å². The Morgan fingerprint density at radius 1 is 1.50 bits per heavy atom. The van der Waals surface area contributed by atoms with Crippen LogP contribution < -0.4 is 10.1 Å². The molecule has 0 aliphatic heterocycles. The Kier molecular flexibility index (Phi) is 4.17. The Bertz CT molecular complexity index is 317. The lowest BCUT2D eigenvalue weighted by Crippen LogP contribution is -2.11. The summed E-state index contributed by atoms with van der Waals surface area (Å²) in [5.41, 5.74) is 0.823. The van der Waals surface area contributed by atoms with Crippen LogP contribution in [0.2, 0.25) is 5.02 Å². The highest BCUT2D eigenvalue weighted by molar-refractivity contribution is 6.30. The number of ether oxygens (including phenoxy) is 1. The first-order valence-electron chi connectivity index (χ1n) is 4.36. The zero-order valence-corrected chi connectivity index (χ0v) is 8.99. The Morgan fingerprint density at radius 3 is 2.79 bits per heavy atom. The summed E-state index contributed by atoms with van der Waals surface area (Å²) in [6.07, 6.45) is 0.716. The van der Waals surface area contributed by atoms with Gasteiger partial charge < -0.3 is 10.1 Å². The highest BCUT2D eigenvalue weighted by Gasteiger charge is 2.11. The summed E-state index contributed by atoms with van der Waals surface area (Å²) >= 11 is 5.63. The molecule has 1 aromatic carbocycles. The van der Waals surface area contributed by atoms with E-state index in [1.807, 2.05) is 7.05 Å². The maximum absolute atomic E-state index is 13.4. The average molecular weight is 218 g/mol. The van der Waals surface area contributed by atoms with Gasteiger partial charge in [0.05, 0.1) is 12.1 Å². The van der Waals surface area contributed by atoms with Gasteiger partial charge in [-0.25, -0.2) is 4.39 Å². The van der Waals surface area contributed by atoms with Gasteiger partial charge in [-0.15, -0.1) is 0 Å². The normalized spacial score (nSPS) is 10.3. The second kappa shape index (κ2) is 5.17. The van der Waals surface area contributed by atoms with Crippen LogP contribution >= 0.6 is 11.6 Å². The number of rotatable bonds is 4. The molecule has 0 aliphatic carbocycles. The van der Waals surface area contributed by atoms with Crippen molar-refractivity contribution in [2.45, 2.75) is 6.42 Å². The van der Waals surface area contributed by atoms with Crippen LogP contribution in [-0.2, 0) is 6.42 Å². The van der Waals surface area contributed by atoms with Crippen molar-refractivity contribution in [3.05, 3.63) is 28.5 Å². The van der Waals surface area contributed by atoms with E-state index in [4.69, 9.17) is 16.3 Å². The monoisotopic (exact) mass is 217 g/mol. The van der Waals surface area contributed by atoms with Gasteiger partial charge in [0, 0.05) is 0 Å². The molecule has 0 saturated carbocycles. The van der Waals surface area contributed by atoms with Crippen LogP contribution in [0.4, 0.5) is 4.39 Å². The molecule has 1 aromatic rings. The lowest BCUT2D eigenvalue weighted by Gasteiger charge is -2.09. The molecule has 0 unspecified atom stereocenters. The molecule has 0 fully saturated rings. The van der Waals surface area contributed by atoms with Crippen molar-refractivity contribution < 1.29 is 9.13 Å². The summed E-state index contributed by atoms with van der Waals surface area (Å²) < 4.78 is 18.4. The van der Waals surface area contributed by atoms with Gasteiger partial charge >= 0.3 is 0 Å². The minimum Gasteiger partial charge on any atom is -0.493 e. The van der Waals surface area contributed by atoms with Crippen LogP contribution in [0.3, 0.4) is 0 Å². The molecule has 0 aliphatic rings. The first-order valence-corrected chi connectivity index (χ1v) is 4.74. The Hall–Kier alpha value is -0.800. The van der Waals surface area contributed by atoms with E-state index in [0.717, 1.165) is 12.1 Å². The van der Waals surface area contributed by atoms with E-state index in [9.17, 15) is 4.39 Å². The molecule has 0 atom stereocenters. The van der Waals surface area contributed by atoms with E-state index in [0.29, 0.717) is 6.42 Å². The summed E-state index contributed by atoms with van der Waals surface area (Å²) in [6, 6.07) is 3.33. The van der Waals surface area contributed by atoms with E-state index in [1.54, 1.807) is 12.1 Å². The average Bonchev–Trinajstić information content (AvgIpc) is 2.20. The number of hydrogen-bond donors (Lipinski definition) is 1. The van der Waals surface area contributed by atoms with Crippen molar-refractivity contribution in [3.8, 4) is 5.75 Å². The number of halogens is 2. The quantitative estimate of drug-likeness (QED) is 0.836. The van der Waals surface area contributed by atoms with Gasteiger partial charge in [0.2, 0.25) is 0 Å². The fourth-order valence-corrected chi connectivity index (χ4v) is 1.40. The van der Waals surface area contributed by atoms with E-state index in [1.165, 1.54) is 7.11 Å². The van der Waals surface area contributed by atoms with Crippen molar-refractivity contribution in [1.29, 1.82) is 0 Å². The van der Waals surface area contributed by atoms with E-state index in [2.05, 4.69) is 5.32 Å². The van der Waals surface area contributed by atoms with Crippen LogP contribution in [-0.4, -0.2) is 20.7 Å². The van der Waals surface area contributed by atoms with Crippen LogP contribution in [0.1, 0.15) is 5.56 Å². The topological polar surface area (TPSA) is 21.3 Å². The molecule has 0 amide bonds. The SMILES string of the molecule is CNCCc1ccc(Cl)c(F)c1OC. The molecular weight excluding hydrogens is 205 g/mol. The summed E-state index contributed by atoms with van der Waals surface area (Å²) in [5.74, 6) is -0.240. The maximum Gasteiger partial charge on any atom is 0.183 e. The lowest BCUT2D eigenvalue weighted by atomic mass is 10.1. The summed E-state index contributed by atoms with van der Waals surface area (Å²) in [7, 11) is 3.29. The minimum atomic E-state index is -0.484. The van der Waals surface area contributed by atoms with Crippen molar-refractivity contribution in [2.75, 3.05) is 20.7 Å². The third-order valence-corrected chi connectivity index (χ3v) is 2.27. The second-order valence-corrected chi connectivity index (χ2v) is 3.31. The zero-order chi connectivity index (χ0) is 10.6. The van der Waals surface area contributed by atoms with Crippen molar-refractivity contribution in [1.82, 2.24) is 5.32 Å². The number of nitrogens with one attached hydrogen (secondary N) is 1. The molecule has 0 saturated heterocycles. The molecule has 0 heterocycles. The molecule has 0 bridgehead atoms. The number of likely N-dealkylation sites (N-methyl/N-ethyl adjacent to an activating group) is 1. The first kappa shape index (κ1) is 11.3. The molecule has 4 heteroatoms. The van der Waals surface area contributed by atoms with Crippen LogP contribution in [0, 0.1) is 5.82 Å². The summed E-state index contributed by atoms with van der Waals surface area (Å²) in [4.78, 5) is 0. The third-order valence-electron chi connectivity index (χ3n) is 1.98. The van der Waals surface area contributed by atoms with Crippen LogP contribution in [0.5, 0.6) is 5.75 Å². The lowest BCUT2D eigenvalue weighted by molar-refractivity contribution is 0.381. The van der Waals surface area contributed by atoms with Crippen molar-refractivity contribution >= 4 is 11.6 Å². The van der Waals surface area contributed by atoms with Gasteiger partial charge in [-0.1, -0.05) is 17.7 Å². The first-order chi connectivity index (χ1) is 6.70. The number of methoxy groups -OCH3 is 1. The molecule has 1 N–H and O–H groups in total. The van der Waals surface area contributed by atoms with Gasteiger partial charge in [0.25, 0.3) is 0 Å². The molecule has 0 spiro atoms. The Balaban J connectivity index is 2.98. The molecule has 2 nitrogen and oxygen atoms in total. The Morgan fingerprint density at radius 2 is 2.21 bits per heavy atom. The van der Waals surface area contributed by atoms with Crippen LogP contribution in [0.25, 0.3) is 0 Å². The highest BCUT2D eigenvalue weighted by Crippen LogP contribution is 2.28. The van der Waals surface area contributed by atoms with Gasteiger partial charge in [0.15, 0.2) is 11.6 Å². The minimum absolute atomic E-state index is 0.0926. The van der Waals surface area contributed by atoms with Gasteiger partial charge in [0.1, 0.15) is 0 Å². The number of hydrogen-bond acceptors (Lipinski definition) is 2. The molecule has 0 aromatic heterocycles. The Labute approximate surface area is 88.0 Å². The molecule has 78 valence electrons. The highest BCUT2D eigenvalue weighted by atomic mass is 35.5. The summed E-state index contributed by atoms with van der Waals surface area (Å²) in [5, 5.41) is 3.08. The zero-order valence-electron chi connectivity index (χ0n) is 8.23. The third kappa shape index (κ3) is 2.36. The molecular formula is C10H13ClFNO. The fraction of sp³-hybridized carbons (Fsp3) is 0.400. The summed E-state index contributed by atoms with van der Waals surface area (Å²) in [6.45, 7) is 0.775. The molecule has 14 heavy (non-hydrogen) atoms. The second-order valence-electron chi connectivity index (χ2n) is 2.91. The van der Waals surface area contributed by atoms with Gasteiger partial charge in [-0.2, -0.15) is 0 Å². The van der Waals surface area contributed by atoms with Gasteiger partial charge in [-0.3, -0.25) is 0 Å². The predicted molar refractivity (Wildman–Crippen MR) is 55.6 cm³/mol. The predicted octanol–water partition coefficient (Wildman–Crippen LogP) is 2.25. The number of benzene rings is 1. The van der Waals surface area contributed by atoms with E-state index >= 15 is 0 Å². The standard InChI is InChI=1S/C10H13ClFNO/c1-13-6-5-7-3-4-8(11)9(12)10(7)14-2/h3-4,13H,5-6H2,1-2H3. The fourth-order valence-electron chi connectivity index (χ4n) is 1.25. The largest absolute Gasteiger partial charge is 0.493 e. The molecule has 0 radical (unpaired) electrons. The smallest absolute Gasteiger partial charge is 0.183 e. The van der Waals surface area contributed by atoms with Crippen molar-refractivity contribution in [3.63, 3.8) is 0 Å². The van der Waals surface area contributed by atoms with E-state index < -0.39 is 5.82 Å². The molecule has 1 rings (SSSR count). The van der Waals surface area contributed by atoms with E-state index in [-0.39, 0.29) is 10.8 Å². The van der Waals surface area contributed by atoms with Crippen LogP contribution in [0.15, 0.2) is 12.1 Å².